The Morgan fingerprint density at radius 1 is 1.29 bits per heavy atom. The number of anilines is 1. The van der Waals surface area contributed by atoms with Crippen molar-refractivity contribution < 1.29 is 0 Å². The highest BCUT2D eigenvalue weighted by atomic mass is 35.5. The Balaban J connectivity index is 2.15. The second-order valence-electron chi connectivity index (χ2n) is 4.94. The highest BCUT2D eigenvalue weighted by Gasteiger charge is 2.16. The summed E-state index contributed by atoms with van der Waals surface area (Å²) in [5.41, 5.74) is 2.25. The molecular formula is C14H19Cl2N. The number of hydrogen-bond donors (Lipinski definition) is 0. The van der Waals surface area contributed by atoms with E-state index < -0.39 is 0 Å². The van der Waals surface area contributed by atoms with Crippen LogP contribution in [-0.2, 0) is 5.88 Å². The third-order valence-corrected chi connectivity index (χ3v) is 4.14. The minimum absolute atomic E-state index is 0.525. The lowest BCUT2D eigenvalue weighted by Gasteiger charge is -2.24. The van der Waals surface area contributed by atoms with E-state index in [0.717, 1.165) is 35.3 Å². The molecule has 94 valence electrons. The Bertz CT molecular complexity index is 378. The average Bonchev–Trinajstić information content (AvgIpc) is 2.54. The maximum atomic E-state index is 6.33. The van der Waals surface area contributed by atoms with E-state index in [4.69, 9.17) is 23.2 Å². The molecule has 0 radical (unpaired) electrons. The van der Waals surface area contributed by atoms with Crippen molar-refractivity contribution in [2.75, 3.05) is 18.0 Å². The zero-order chi connectivity index (χ0) is 12.3. The monoisotopic (exact) mass is 271 g/mol. The fraction of sp³-hybridized carbons (Fsp3) is 0.571. The quantitative estimate of drug-likeness (QED) is 0.705. The summed E-state index contributed by atoms with van der Waals surface area (Å²) in [7, 11) is 0. The fourth-order valence-electron chi connectivity index (χ4n) is 2.39. The second-order valence-corrected chi connectivity index (χ2v) is 5.62. The van der Waals surface area contributed by atoms with Crippen LogP contribution in [-0.4, -0.2) is 13.1 Å². The molecule has 1 saturated heterocycles. The largest absolute Gasteiger partial charge is 0.370 e. The van der Waals surface area contributed by atoms with Crippen LogP contribution in [0.15, 0.2) is 18.2 Å². The van der Waals surface area contributed by atoms with Crippen LogP contribution < -0.4 is 4.90 Å². The summed E-state index contributed by atoms with van der Waals surface area (Å²) >= 11 is 12.1. The molecule has 17 heavy (non-hydrogen) atoms. The Kier molecular flexibility index (Phi) is 4.58. The molecule has 0 spiro atoms. The molecule has 2 rings (SSSR count). The molecular weight excluding hydrogens is 253 g/mol. The van der Waals surface area contributed by atoms with Gasteiger partial charge in [-0.1, -0.05) is 24.6 Å². The van der Waals surface area contributed by atoms with Gasteiger partial charge in [0.05, 0.1) is 10.7 Å². The van der Waals surface area contributed by atoms with Crippen molar-refractivity contribution >= 4 is 28.9 Å². The summed E-state index contributed by atoms with van der Waals surface area (Å²) in [6.45, 7) is 4.56. The fourth-order valence-corrected chi connectivity index (χ4v) is 2.88. The van der Waals surface area contributed by atoms with E-state index in [0.29, 0.717) is 5.88 Å². The van der Waals surface area contributed by atoms with Crippen molar-refractivity contribution in [1.29, 1.82) is 0 Å². The number of alkyl halides is 1. The highest BCUT2D eigenvalue weighted by molar-refractivity contribution is 6.33. The first-order valence-electron chi connectivity index (χ1n) is 6.30. The van der Waals surface area contributed by atoms with Crippen LogP contribution in [0.25, 0.3) is 0 Å². The lowest BCUT2D eigenvalue weighted by molar-refractivity contribution is 0.521. The van der Waals surface area contributed by atoms with Crippen molar-refractivity contribution in [3.63, 3.8) is 0 Å². The molecule has 0 bridgehead atoms. The molecule has 1 aromatic rings. The van der Waals surface area contributed by atoms with Gasteiger partial charge in [0.25, 0.3) is 0 Å². The van der Waals surface area contributed by atoms with Gasteiger partial charge in [0.2, 0.25) is 0 Å². The van der Waals surface area contributed by atoms with E-state index in [2.05, 4.69) is 24.0 Å². The predicted octanol–water partition coefficient (Wildman–Crippen LogP) is 4.71. The molecule has 1 unspecified atom stereocenters. The van der Waals surface area contributed by atoms with Crippen LogP contribution in [0.2, 0.25) is 5.02 Å². The van der Waals surface area contributed by atoms with Gasteiger partial charge in [0.1, 0.15) is 0 Å². The molecule has 0 aromatic heterocycles. The average molecular weight is 272 g/mol. The van der Waals surface area contributed by atoms with Crippen LogP contribution in [0.5, 0.6) is 0 Å². The molecule has 1 nitrogen and oxygen atoms in total. The zero-order valence-corrected chi connectivity index (χ0v) is 11.8. The Hall–Kier alpha value is -0.400. The van der Waals surface area contributed by atoms with Crippen molar-refractivity contribution in [3.05, 3.63) is 28.8 Å². The number of halogens is 2. The topological polar surface area (TPSA) is 3.24 Å². The van der Waals surface area contributed by atoms with Crippen LogP contribution in [0.1, 0.15) is 31.7 Å². The van der Waals surface area contributed by atoms with E-state index in [1.807, 2.05) is 6.07 Å². The molecule has 1 aromatic carbocycles. The van der Waals surface area contributed by atoms with Gasteiger partial charge in [-0.05, 0) is 42.9 Å². The van der Waals surface area contributed by atoms with Crippen molar-refractivity contribution in [1.82, 2.24) is 0 Å². The second kappa shape index (κ2) is 5.97. The summed E-state index contributed by atoms with van der Waals surface area (Å²) in [4.78, 5) is 2.41. The van der Waals surface area contributed by atoms with Crippen LogP contribution >= 0.6 is 23.2 Å². The van der Waals surface area contributed by atoms with Gasteiger partial charge in [-0.15, -0.1) is 11.6 Å². The molecule has 0 amide bonds. The summed E-state index contributed by atoms with van der Waals surface area (Å²) < 4.78 is 0. The van der Waals surface area contributed by atoms with Crippen molar-refractivity contribution in [2.45, 2.75) is 32.1 Å². The molecule has 1 aliphatic rings. The van der Waals surface area contributed by atoms with Crippen molar-refractivity contribution in [3.8, 4) is 0 Å². The first-order valence-corrected chi connectivity index (χ1v) is 7.21. The van der Waals surface area contributed by atoms with E-state index in [1.165, 1.54) is 19.3 Å². The van der Waals surface area contributed by atoms with Gasteiger partial charge in [-0.25, -0.2) is 0 Å². The minimum Gasteiger partial charge on any atom is -0.370 e. The summed E-state index contributed by atoms with van der Waals surface area (Å²) in [6.07, 6.45) is 3.84. The van der Waals surface area contributed by atoms with Crippen LogP contribution in [0.3, 0.4) is 0 Å². The van der Waals surface area contributed by atoms with E-state index in [9.17, 15) is 0 Å². The summed E-state index contributed by atoms with van der Waals surface area (Å²) in [6, 6.07) is 6.16. The van der Waals surface area contributed by atoms with Gasteiger partial charge in [-0.3, -0.25) is 0 Å². The van der Waals surface area contributed by atoms with Gasteiger partial charge in [0, 0.05) is 19.0 Å². The molecule has 1 fully saturated rings. The minimum atomic E-state index is 0.525. The molecule has 0 saturated carbocycles. The molecule has 0 N–H and O–H groups in total. The maximum absolute atomic E-state index is 6.33. The molecule has 1 aliphatic heterocycles. The summed E-state index contributed by atoms with van der Waals surface area (Å²) in [5.74, 6) is 1.36. The highest BCUT2D eigenvalue weighted by Crippen LogP contribution is 2.30. The number of hydrogen-bond acceptors (Lipinski definition) is 1. The molecule has 3 heteroatoms. The van der Waals surface area contributed by atoms with Crippen molar-refractivity contribution in [2.24, 2.45) is 5.92 Å². The zero-order valence-electron chi connectivity index (χ0n) is 10.3. The predicted molar refractivity (Wildman–Crippen MR) is 76.2 cm³/mol. The van der Waals surface area contributed by atoms with Gasteiger partial charge in [-0.2, -0.15) is 0 Å². The van der Waals surface area contributed by atoms with E-state index in [-0.39, 0.29) is 0 Å². The van der Waals surface area contributed by atoms with E-state index in [1.54, 1.807) is 0 Å². The third-order valence-electron chi connectivity index (χ3n) is 3.52. The first-order chi connectivity index (χ1) is 8.20. The van der Waals surface area contributed by atoms with Gasteiger partial charge in [0.15, 0.2) is 0 Å². The maximum Gasteiger partial charge on any atom is 0.0642 e. The van der Waals surface area contributed by atoms with Gasteiger partial charge >= 0.3 is 0 Å². The third kappa shape index (κ3) is 3.29. The van der Waals surface area contributed by atoms with E-state index >= 15 is 0 Å². The molecule has 1 heterocycles. The SMILES string of the molecule is CC1CCCN(c2ccc(CCl)cc2Cl)CC1. The Labute approximate surface area is 114 Å². The van der Waals surface area contributed by atoms with Gasteiger partial charge < -0.3 is 4.90 Å². The smallest absolute Gasteiger partial charge is 0.0642 e. The number of rotatable bonds is 2. The lowest BCUT2D eigenvalue weighted by atomic mass is 10.0. The van der Waals surface area contributed by atoms with Crippen LogP contribution in [0, 0.1) is 5.92 Å². The Morgan fingerprint density at radius 2 is 2.12 bits per heavy atom. The number of benzene rings is 1. The first kappa shape index (κ1) is 13.0. The standard InChI is InChI=1S/C14H19Cl2N/c1-11-3-2-7-17(8-6-11)14-5-4-12(10-15)9-13(14)16/h4-5,9,11H,2-3,6-8,10H2,1H3. The number of nitrogens with zero attached hydrogens (tertiary/aromatic N) is 1. The Morgan fingerprint density at radius 3 is 2.82 bits per heavy atom. The normalized spacial score (nSPS) is 21.4. The molecule has 1 atom stereocenters. The summed E-state index contributed by atoms with van der Waals surface area (Å²) in [5, 5.41) is 0.831. The van der Waals surface area contributed by atoms with Crippen LogP contribution in [0.4, 0.5) is 5.69 Å². The molecule has 0 aliphatic carbocycles. The lowest BCUT2D eigenvalue weighted by Crippen LogP contribution is -2.24.